The minimum Gasteiger partial charge on any atom is -0.505 e. The van der Waals surface area contributed by atoms with E-state index in [0.717, 1.165) is 43.6 Å². The zero-order valence-electron chi connectivity index (χ0n) is 20.1. The molecule has 0 fully saturated rings. The first-order chi connectivity index (χ1) is 18.3. The molecule has 0 aliphatic carbocycles. The lowest BCUT2D eigenvalue weighted by Gasteiger charge is -2.10. The summed E-state index contributed by atoms with van der Waals surface area (Å²) in [6.45, 7) is 2.36. The average molecular weight is 559 g/mol. The largest absolute Gasteiger partial charge is 0.505 e. The number of rotatable bonds is 6. The van der Waals surface area contributed by atoms with Gasteiger partial charge in [0.05, 0.1) is 22.7 Å². The molecule has 3 aromatic heterocycles. The Morgan fingerprint density at radius 3 is 2.21 bits per heavy atom. The summed E-state index contributed by atoms with van der Waals surface area (Å²) in [6, 6.07) is 2.08. The third kappa shape index (κ3) is 6.78. The second-order valence-corrected chi connectivity index (χ2v) is 8.16. The van der Waals surface area contributed by atoms with Crippen LogP contribution in [-0.2, 0) is 12.7 Å². The Bertz CT molecular complexity index is 1570. The maximum absolute atomic E-state index is 14.5. The lowest BCUT2D eigenvalue weighted by molar-refractivity contribution is -0.140. The van der Waals surface area contributed by atoms with Crippen LogP contribution in [0, 0.1) is 11.6 Å². The van der Waals surface area contributed by atoms with Crippen LogP contribution in [0.4, 0.5) is 30.7 Å². The lowest BCUT2D eigenvalue weighted by atomic mass is 10.1. The molecule has 0 saturated carbocycles. The number of halogens is 7. The van der Waals surface area contributed by atoms with Crippen molar-refractivity contribution in [1.29, 1.82) is 0 Å². The van der Waals surface area contributed by atoms with Gasteiger partial charge in [-0.25, -0.2) is 32.6 Å². The fourth-order valence-electron chi connectivity index (χ4n) is 3.49. The number of H-pyrrole nitrogens is 1. The number of hydrogen-bond donors (Lipinski definition) is 2. The van der Waals surface area contributed by atoms with Gasteiger partial charge in [-0.3, -0.25) is 9.59 Å². The van der Waals surface area contributed by atoms with Crippen LogP contribution in [0.3, 0.4) is 0 Å². The smallest absolute Gasteiger partial charge is 0.425 e. The number of aryl methyl sites for hydroxylation is 1. The molecule has 15 heteroatoms. The van der Waals surface area contributed by atoms with E-state index in [-0.39, 0.29) is 22.2 Å². The first-order valence-corrected chi connectivity index (χ1v) is 11.3. The molecule has 4 aromatic rings. The quantitative estimate of drug-likeness (QED) is 0.243. The standard InChI is InChI=1S/C19H17F4N3O.C5H3F3N2O2/c1-2-3-4-5-26-10-16(21)12-6-14(15(20)7-13(12)19(26)27)18-24-8-11(9-25-18)17(22)23;6-5(7,8)3-2(11)1-9-10-4(3)12/h6-10,17H,2-5H2,1H3;1H,(H2,10,11,12). The second-order valence-electron chi connectivity index (χ2n) is 8.16. The summed E-state index contributed by atoms with van der Waals surface area (Å²) in [5, 5.41) is 13.0. The number of aromatic nitrogens is 5. The molecule has 3 heterocycles. The van der Waals surface area contributed by atoms with Gasteiger partial charge in [-0.2, -0.15) is 18.3 Å². The van der Waals surface area contributed by atoms with Crippen molar-refractivity contribution in [1.82, 2.24) is 24.7 Å². The number of nitrogens with zero attached hydrogens (tertiary/aromatic N) is 4. The van der Waals surface area contributed by atoms with Gasteiger partial charge in [-0.05, 0) is 18.6 Å². The molecule has 2 N–H and O–H groups in total. The number of fused-ring (bicyclic) bond motifs is 1. The highest BCUT2D eigenvalue weighted by Gasteiger charge is 2.37. The average Bonchev–Trinajstić information content (AvgIpc) is 2.86. The molecular weight excluding hydrogens is 539 g/mol. The Morgan fingerprint density at radius 1 is 1.00 bits per heavy atom. The van der Waals surface area contributed by atoms with Crippen molar-refractivity contribution in [2.24, 2.45) is 0 Å². The number of nitrogens with one attached hydrogen (secondary N) is 1. The minimum atomic E-state index is -4.86. The highest BCUT2D eigenvalue weighted by Crippen LogP contribution is 2.31. The van der Waals surface area contributed by atoms with Crippen LogP contribution in [0.5, 0.6) is 5.75 Å². The fourth-order valence-corrected chi connectivity index (χ4v) is 3.49. The third-order valence-electron chi connectivity index (χ3n) is 5.41. The summed E-state index contributed by atoms with van der Waals surface area (Å²) in [4.78, 5) is 30.4. The summed E-state index contributed by atoms with van der Waals surface area (Å²) < 4.78 is 91.2. The zero-order valence-corrected chi connectivity index (χ0v) is 20.1. The molecule has 0 spiro atoms. The lowest BCUT2D eigenvalue weighted by Crippen LogP contribution is -2.22. The van der Waals surface area contributed by atoms with E-state index >= 15 is 0 Å². The Balaban J connectivity index is 0.000000293. The Labute approximate surface area is 214 Å². The first kappa shape index (κ1) is 29.3. The first-order valence-electron chi connectivity index (χ1n) is 11.3. The molecule has 39 heavy (non-hydrogen) atoms. The molecule has 1 aromatic carbocycles. The van der Waals surface area contributed by atoms with Gasteiger partial charge in [-0.1, -0.05) is 19.8 Å². The van der Waals surface area contributed by atoms with Crippen molar-refractivity contribution in [3.63, 3.8) is 0 Å². The van der Waals surface area contributed by atoms with Crippen LogP contribution in [0.1, 0.15) is 43.7 Å². The SMILES string of the molecule is CCCCCn1cc(F)c2cc(-c3ncc(C(F)F)cn3)c(F)cc2c1=O.O=c1[nH]ncc(O)c1C(F)(F)F. The molecule has 0 radical (unpaired) electrons. The molecule has 0 unspecified atom stereocenters. The van der Waals surface area contributed by atoms with Gasteiger partial charge in [0.2, 0.25) is 0 Å². The Kier molecular flexibility index (Phi) is 9.04. The minimum absolute atomic E-state index is 0.0651. The van der Waals surface area contributed by atoms with E-state index < -0.39 is 52.2 Å². The molecule has 4 rings (SSSR count). The normalized spacial score (nSPS) is 11.5. The van der Waals surface area contributed by atoms with Crippen LogP contribution in [0.15, 0.2) is 46.5 Å². The van der Waals surface area contributed by atoms with Crippen LogP contribution < -0.4 is 11.1 Å². The van der Waals surface area contributed by atoms with E-state index in [4.69, 9.17) is 5.11 Å². The van der Waals surface area contributed by atoms with Gasteiger partial charge in [0.15, 0.2) is 17.1 Å². The molecule has 0 amide bonds. The number of aromatic amines is 1. The van der Waals surface area contributed by atoms with Crippen molar-refractivity contribution in [3.8, 4) is 17.1 Å². The number of pyridine rings is 1. The van der Waals surface area contributed by atoms with Gasteiger partial charge < -0.3 is 9.67 Å². The molecular formula is C24H20F7N5O3. The Hall–Kier alpha value is -4.30. The van der Waals surface area contributed by atoms with Crippen molar-refractivity contribution in [2.75, 3.05) is 0 Å². The number of alkyl halides is 5. The topological polar surface area (TPSA) is 114 Å². The molecule has 0 bridgehead atoms. The summed E-state index contributed by atoms with van der Waals surface area (Å²) in [6.07, 6.45) is -1.65. The van der Waals surface area contributed by atoms with E-state index in [1.807, 2.05) is 6.92 Å². The van der Waals surface area contributed by atoms with Gasteiger partial charge in [0.25, 0.3) is 17.5 Å². The second kappa shape index (κ2) is 12.0. The number of unbranched alkanes of at least 4 members (excludes halogenated alkanes) is 2. The fraction of sp³-hybridized carbons (Fsp3) is 0.292. The molecule has 0 aliphatic heterocycles. The van der Waals surface area contributed by atoms with Crippen LogP contribution in [0.2, 0.25) is 0 Å². The van der Waals surface area contributed by atoms with Gasteiger partial charge in [0, 0.05) is 30.5 Å². The van der Waals surface area contributed by atoms with Crippen molar-refractivity contribution < 1.29 is 35.8 Å². The van der Waals surface area contributed by atoms with Crippen LogP contribution in [0.25, 0.3) is 22.2 Å². The van der Waals surface area contributed by atoms with E-state index in [2.05, 4.69) is 15.1 Å². The third-order valence-corrected chi connectivity index (χ3v) is 5.41. The zero-order chi connectivity index (χ0) is 28.9. The van der Waals surface area contributed by atoms with Crippen molar-refractivity contribution >= 4 is 10.8 Å². The maximum Gasteiger partial charge on any atom is 0.425 e. The Morgan fingerprint density at radius 2 is 1.67 bits per heavy atom. The van der Waals surface area contributed by atoms with Gasteiger partial charge in [0.1, 0.15) is 11.6 Å². The van der Waals surface area contributed by atoms with Crippen molar-refractivity contribution in [3.05, 3.63) is 80.4 Å². The summed E-state index contributed by atoms with van der Waals surface area (Å²) in [5.41, 5.74) is -4.13. The predicted molar refractivity (Wildman–Crippen MR) is 125 cm³/mol. The monoisotopic (exact) mass is 559 g/mol. The maximum atomic E-state index is 14.5. The van der Waals surface area contributed by atoms with Crippen molar-refractivity contribution in [2.45, 2.75) is 45.3 Å². The van der Waals surface area contributed by atoms with E-state index in [1.54, 1.807) is 5.10 Å². The molecule has 0 aliphatic rings. The van der Waals surface area contributed by atoms with Gasteiger partial charge >= 0.3 is 6.18 Å². The van der Waals surface area contributed by atoms with E-state index in [1.165, 1.54) is 4.57 Å². The van der Waals surface area contributed by atoms with E-state index in [9.17, 15) is 40.3 Å². The molecule has 208 valence electrons. The highest BCUT2D eigenvalue weighted by molar-refractivity contribution is 5.86. The number of benzene rings is 1. The number of aromatic hydroxyl groups is 1. The molecule has 0 atom stereocenters. The summed E-state index contributed by atoms with van der Waals surface area (Å²) in [7, 11) is 0. The molecule has 8 nitrogen and oxygen atoms in total. The summed E-state index contributed by atoms with van der Waals surface area (Å²) >= 11 is 0. The van der Waals surface area contributed by atoms with Gasteiger partial charge in [-0.15, -0.1) is 0 Å². The van der Waals surface area contributed by atoms with Crippen LogP contribution >= 0.6 is 0 Å². The number of hydrogen-bond acceptors (Lipinski definition) is 6. The summed E-state index contributed by atoms with van der Waals surface area (Å²) in [5.74, 6) is -2.83. The molecule has 0 saturated heterocycles. The van der Waals surface area contributed by atoms with E-state index in [0.29, 0.717) is 19.2 Å². The van der Waals surface area contributed by atoms with Crippen LogP contribution in [-0.4, -0.2) is 29.8 Å². The predicted octanol–water partition coefficient (Wildman–Crippen LogP) is 5.36. The highest BCUT2D eigenvalue weighted by atomic mass is 19.4.